The fraction of sp³-hybridized carbons (Fsp3) is 0.294. The molecule has 8 nitrogen and oxygen atoms in total. The zero-order valence-corrected chi connectivity index (χ0v) is 13.9. The Balaban J connectivity index is 1.77. The van der Waals surface area contributed by atoms with Crippen LogP contribution in [-0.2, 0) is 4.79 Å². The van der Waals surface area contributed by atoms with Gasteiger partial charge in [-0.15, -0.1) is 5.10 Å². The number of nitrogen functional groups attached to an aromatic ring is 1. The molecule has 1 amide bonds. The molecular weight excluding hydrogens is 339 g/mol. The molecule has 1 aliphatic rings. The average Bonchev–Trinajstić information content (AvgIpc) is 3.29. The number of Topliss-reactive ketones (excluding diaryl/α,β-unsaturated/α-hetero) is 1. The van der Waals surface area contributed by atoms with Crippen molar-refractivity contribution in [2.75, 3.05) is 18.8 Å². The third kappa shape index (κ3) is 2.61. The molecule has 0 atom stereocenters. The number of amides is 1. The number of pyridine rings is 1. The zero-order valence-electron chi connectivity index (χ0n) is 13.9. The highest BCUT2D eigenvalue weighted by atomic mass is 19.1. The van der Waals surface area contributed by atoms with Gasteiger partial charge in [-0.2, -0.15) is 0 Å². The minimum atomic E-state index is -0.728. The second-order valence-electron chi connectivity index (χ2n) is 6.25. The Bertz CT molecular complexity index is 1000. The summed E-state index contributed by atoms with van der Waals surface area (Å²) in [7, 11) is 0. The van der Waals surface area contributed by atoms with E-state index in [0.29, 0.717) is 18.9 Å². The highest BCUT2D eigenvalue weighted by Crippen LogP contribution is 2.26. The Kier molecular flexibility index (Phi) is 3.90. The number of ketones is 1. The molecule has 3 aromatic rings. The number of nitrogens with one attached hydrogen (secondary N) is 1. The molecular formula is C17H17FN6O2. The predicted molar refractivity (Wildman–Crippen MR) is 92.3 cm³/mol. The summed E-state index contributed by atoms with van der Waals surface area (Å²) in [5.41, 5.74) is 5.89. The van der Waals surface area contributed by atoms with Gasteiger partial charge in [0.1, 0.15) is 5.82 Å². The Hall–Kier alpha value is -3.23. The van der Waals surface area contributed by atoms with E-state index < -0.39 is 17.5 Å². The molecule has 4 heterocycles. The first-order chi connectivity index (χ1) is 12.6. The number of fused-ring (bicyclic) bond motifs is 1. The molecule has 3 aromatic heterocycles. The monoisotopic (exact) mass is 356 g/mol. The van der Waals surface area contributed by atoms with Crippen LogP contribution in [-0.4, -0.2) is 49.4 Å². The first kappa shape index (κ1) is 16.2. The van der Waals surface area contributed by atoms with Crippen molar-refractivity contribution in [2.45, 2.75) is 19.3 Å². The average molecular weight is 356 g/mol. The van der Waals surface area contributed by atoms with E-state index in [2.05, 4.69) is 15.1 Å². The number of aromatic nitrogens is 4. The van der Waals surface area contributed by atoms with E-state index in [1.807, 2.05) is 0 Å². The van der Waals surface area contributed by atoms with Gasteiger partial charge in [0.05, 0.1) is 22.7 Å². The molecule has 0 aliphatic carbocycles. The van der Waals surface area contributed by atoms with Crippen LogP contribution in [0.3, 0.4) is 0 Å². The van der Waals surface area contributed by atoms with E-state index in [0.717, 1.165) is 25.5 Å². The van der Waals surface area contributed by atoms with Crippen molar-refractivity contribution in [1.82, 2.24) is 24.6 Å². The van der Waals surface area contributed by atoms with Crippen LogP contribution in [0.4, 0.5) is 10.2 Å². The lowest BCUT2D eigenvalue weighted by molar-refractivity contribution is -0.127. The standard InChI is InChI=1S/C17H17FN6O2/c18-11-9-21-16(24-7-4-12(19)22-24)14-13(11)10(8-20-14)15(25)17(26)23-5-2-1-3-6-23/h4,7-9,20H,1-3,5-6H2,(H2,19,22). The molecule has 4 rings (SSSR count). The van der Waals surface area contributed by atoms with E-state index in [1.165, 1.54) is 15.8 Å². The van der Waals surface area contributed by atoms with Crippen LogP contribution in [0.1, 0.15) is 29.6 Å². The quantitative estimate of drug-likeness (QED) is 0.548. The molecule has 1 aliphatic heterocycles. The summed E-state index contributed by atoms with van der Waals surface area (Å²) >= 11 is 0. The summed E-state index contributed by atoms with van der Waals surface area (Å²) in [5.74, 6) is -1.43. The lowest BCUT2D eigenvalue weighted by Crippen LogP contribution is -2.40. The van der Waals surface area contributed by atoms with Crippen molar-refractivity contribution >= 4 is 28.4 Å². The van der Waals surface area contributed by atoms with E-state index >= 15 is 0 Å². The smallest absolute Gasteiger partial charge is 0.295 e. The molecule has 0 unspecified atom stereocenters. The molecule has 134 valence electrons. The highest BCUT2D eigenvalue weighted by molar-refractivity contribution is 6.45. The summed E-state index contributed by atoms with van der Waals surface area (Å²) < 4.78 is 15.8. The van der Waals surface area contributed by atoms with Gasteiger partial charge in [-0.05, 0) is 19.3 Å². The van der Waals surface area contributed by atoms with Gasteiger partial charge >= 0.3 is 0 Å². The molecule has 1 saturated heterocycles. The second kappa shape index (κ2) is 6.25. The third-order valence-electron chi connectivity index (χ3n) is 4.55. The van der Waals surface area contributed by atoms with Gasteiger partial charge in [0.25, 0.3) is 11.7 Å². The van der Waals surface area contributed by atoms with Gasteiger partial charge in [-0.1, -0.05) is 0 Å². The Morgan fingerprint density at radius 1 is 1.23 bits per heavy atom. The maximum absolute atomic E-state index is 14.4. The van der Waals surface area contributed by atoms with Gasteiger partial charge < -0.3 is 15.6 Å². The Labute approximate surface area is 147 Å². The molecule has 3 N–H and O–H groups in total. The Morgan fingerprint density at radius 3 is 2.69 bits per heavy atom. The molecule has 0 spiro atoms. The molecule has 0 aromatic carbocycles. The van der Waals surface area contributed by atoms with Crippen LogP contribution in [0.25, 0.3) is 16.7 Å². The van der Waals surface area contributed by atoms with Crippen molar-refractivity contribution < 1.29 is 14.0 Å². The lowest BCUT2D eigenvalue weighted by Gasteiger charge is -2.25. The molecule has 0 saturated carbocycles. The molecule has 0 bridgehead atoms. The van der Waals surface area contributed by atoms with Gasteiger partial charge in [0.15, 0.2) is 11.6 Å². The highest BCUT2D eigenvalue weighted by Gasteiger charge is 2.28. The number of hydrogen-bond donors (Lipinski definition) is 2. The normalized spacial score (nSPS) is 14.7. The Morgan fingerprint density at radius 2 is 2.00 bits per heavy atom. The van der Waals surface area contributed by atoms with Crippen molar-refractivity contribution in [1.29, 1.82) is 0 Å². The fourth-order valence-corrected chi connectivity index (χ4v) is 3.26. The first-order valence-corrected chi connectivity index (χ1v) is 8.37. The van der Waals surface area contributed by atoms with Crippen molar-refractivity contribution in [3.63, 3.8) is 0 Å². The number of carbonyl (C=O) groups is 2. The number of nitrogens with zero attached hydrogens (tertiary/aromatic N) is 4. The number of carbonyl (C=O) groups excluding carboxylic acids is 2. The number of hydrogen-bond acceptors (Lipinski definition) is 5. The van der Waals surface area contributed by atoms with E-state index in [1.54, 1.807) is 12.3 Å². The second-order valence-corrected chi connectivity index (χ2v) is 6.25. The predicted octanol–water partition coefficient (Wildman–Crippen LogP) is 1.67. The van der Waals surface area contributed by atoms with Crippen LogP contribution < -0.4 is 5.73 Å². The van der Waals surface area contributed by atoms with Crippen molar-refractivity contribution in [3.05, 3.63) is 36.0 Å². The number of rotatable bonds is 3. The van der Waals surface area contributed by atoms with Gasteiger partial charge in [-0.3, -0.25) is 9.59 Å². The van der Waals surface area contributed by atoms with Crippen LogP contribution in [0.2, 0.25) is 0 Å². The molecule has 9 heteroatoms. The minimum absolute atomic E-state index is 0.00292. The van der Waals surface area contributed by atoms with Crippen molar-refractivity contribution in [2.24, 2.45) is 0 Å². The summed E-state index contributed by atoms with van der Waals surface area (Å²) in [6.45, 7) is 1.10. The van der Waals surface area contributed by atoms with Crippen molar-refractivity contribution in [3.8, 4) is 5.82 Å². The number of aromatic amines is 1. The topological polar surface area (TPSA) is 110 Å². The third-order valence-corrected chi connectivity index (χ3v) is 4.55. The molecule has 0 radical (unpaired) electrons. The number of nitrogens with two attached hydrogens (primary N) is 1. The summed E-state index contributed by atoms with van der Waals surface area (Å²) in [6, 6.07) is 1.58. The summed E-state index contributed by atoms with van der Waals surface area (Å²) in [4.78, 5) is 33.6. The lowest BCUT2D eigenvalue weighted by atomic mass is 10.1. The number of likely N-dealkylation sites (tertiary alicyclic amines) is 1. The summed E-state index contributed by atoms with van der Waals surface area (Å²) in [6.07, 6.45) is 6.71. The summed E-state index contributed by atoms with van der Waals surface area (Å²) in [5, 5.41) is 4.08. The van der Waals surface area contributed by atoms with Crippen LogP contribution in [0, 0.1) is 5.82 Å². The van der Waals surface area contributed by atoms with Gasteiger partial charge in [-0.25, -0.2) is 14.1 Å². The minimum Gasteiger partial charge on any atom is -0.382 e. The van der Waals surface area contributed by atoms with Gasteiger partial charge in [0, 0.05) is 31.5 Å². The number of piperidine rings is 1. The number of anilines is 1. The number of halogens is 1. The van der Waals surface area contributed by atoms with Gasteiger partial charge in [0.2, 0.25) is 0 Å². The number of H-pyrrole nitrogens is 1. The van der Waals surface area contributed by atoms with Crippen LogP contribution >= 0.6 is 0 Å². The van der Waals surface area contributed by atoms with E-state index in [9.17, 15) is 14.0 Å². The fourth-order valence-electron chi connectivity index (χ4n) is 3.26. The molecule has 1 fully saturated rings. The maximum atomic E-state index is 14.4. The van der Waals surface area contributed by atoms with Crippen LogP contribution in [0.5, 0.6) is 0 Å². The SMILES string of the molecule is Nc1ccn(-c2ncc(F)c3c(C(=O)C(=O)N4CCCCC4)c[nH]c23)n1. The van der Waals surface area contributed by atoms with Crippen LogP contribution in [0.15, 0.2) is 24.7 Å². The van der Waals surface area contributed by atoms with E-state index in [-0.39, 0.29) is 22.3 Å². The van der Waals surface area contributed by atoms with E-state index in [4.69, 9.17) is 5.73 Å². The first-order valence-electron chi connectivity index (χ1n) is 8.37. The zero-order chi connectivity index (χ0) is 18.3. The largest absolute Gasteiger partial charge is 0.382 e. The molecule has 26 heavy (non-hydrogen) atoms. The maximum Gasteiger partial charge on any atom is 0.295 e.